The zero-order chi connectivity index (χ0) is 14.0. The van der Waals surface area contributed by atoms with Crippen molar-refractivity contribution in [3.05, 3.63) is 53.4 Å². The van der Waals surface area contributed by atoms with Gasteiger partial charge in [0.05, 0.1) is 0 Å². The van der Waals surface area contributed by atoms with Crippen LogP contribution in [-0.2, 0) is 6.54 Å². The number of nitrogens with zero attached hydrogens (tertiary/aromatic N) is 2. The van der Waals surface area contributed by atoms with Crippen molar-refractivity contribution < 1.29 is 23.1 Å². The van der Waals surface area contributed by atoms with Crippen LogP contribution in [0.3, 0.4) is 0 Å². The fourth-order valence-corrected chi connectivity index (χ4v) is 1.70. The number of rotatable bonds is 4. The number of hydrogen-bond donors (Lipinski definition) is 1. The molecule has 0 aliphatic carbocycles. The molecule has 0 radical (unpaired) electrons. The molecular formula is C12H9F3N2O2. The number of pyridine rings is 1. The number of hydrogen-bond acceptors (Lipinski definition) is 2. The second-order valence-electron chi connectivity index (χ2n) is 3.88. The van der Waals surface area contributed by atoms with E-state index in [9.17, 15) is 18.0 Å². The molecule has 2 aromatic rings. The summed E-state index contributed by atoms with van der Waals surface area (Å²) in [6, 6.07) is 3.51. The van der Waals surface area contributed by atoms with Crippen molar-refractivity contribution in [2.45, 2.75) is 13.0 Å². The zero-order valence-electron chi connectivity index (χ0n) is 9.55. The molecule has 0 unspecified atom stereocenters. The second kappa shape index (κ2) is 5.13. The van der Waals surface area contributed by atoms with Crippen LogP contribution in [0.5, 0.6) is 0 Å². The fourth-order valence-electron chi connectivity index (χ4n) is 1.70. The highest BCUT2D eigenvalue weighted by Gasteiger charge is 2.17. The van der Waals surface area contributed by atoms with E-state index in [4.69, 9.17) is 5.11 Å². The summed E-state index contributed by atoms with van der Waals surface area (Å²) >= 11 is 0. The summed E-state index contributed by atoms with van der Waals surface area (Å²) in [6.45, 7) is -0.0200. The molecule has 100 valence electrons. The third-order valence-corrected chi connectivity index (χ3v) is 2.53. The lowest BCUT2D eigenvalue weighted by atomic mass is 10.2. The second-order valence-corrected chi connectivity index (χ2v) is 3.88. The molecule has 0 saturated heterocycles. The first-order chi connectivity index (χ1) is 8.97. The number of alkyl halides is 2. The molecule has 0 bridgehead atoms. The maximum absolute atomic E-state index is 12.9. The summed E-state index contributed by atoms with van der Waals surface area (Å²) in [6.07, 6.45) is -0.483. The lowest BCUT2D eigenvalue weighted by Crippen LogP contribution is -2.08. The molecule has 19 heavy (non-hydrogen) atoms. The monoisotopic (exact) mass is 270 g/mol. The Morgan fingerprint density at radius 2 is 2.16 bits per heavy atom. The highest BCUT2D eigenvalue weighted by atomic mass is 19.3. The summed E-state index contributed by atoms with van der Waals surface area (Å²) < 4.78 is 39.1. The lowest BCUT2D eigenvalue weighted by Gasteiger charge is -2.06. The van der Waals surface area contributed by atoms with Crippen LogP contribution < -0.4 is 0 Å². The predicted molar refractivity (Wildman–Crippen MR) is 59.6 cm³/mol. The summed E-state index contributed by atoms with van der Waals surface area (Å²) in [4.78, 5) is 14.3. The average Bonchev–Trinajstić information content (AvgIpc) is 2.73. The van der Waals surface area contributed by atoms with E-state index in [0.29, 0.717) is 5.56 Å². The topological polar surface area (TPSA) is 55.1 Å². The normalized spacial score (nSPS) is 10.9. The quantitative estimate of drug-likeness (QED) is 0.869. The molecule has 2 heterocycles. The van der Waals surface area contributed by atoms with Gasteiger partial charge in [-0.25, -0.2) is 18.6 Å². The van der Waals surface area contributed by atoms with Crippen molar-refractivity contribution >= 4 is 5.97 Å². The number of halogens is 3. The Hall–Kier alpha value is -2.31. The van der Waals surface area contributed by atoms with Crippen molar-refractivity contribution in [2.24, 2.45) is 0 Å². The van der Waals surface area contributed by atoms with Gasteiger partial charge < -0.3 is 9.67 Å². The predicted octanol–water partition coefficient (Wildman–Crippen LogP) is 2.71. The highest BCUT2D eigenvalue weighted by molar-refractivity contribution is 5.86. The first-order valence-corrected chi connectivity index (χ1v) is 5.29. The number of carboxylic acid groups (broad SMARTS) is 1. The Balaban J connectivity index is 2.36. The molecule has 0 aromatic carbocycles. The van der Waals surface area contributed by atoms with Gasteiger partial charge in [0, 0.05) is 24.5 Å². The molecule has 0 atom stereocenters. The van der Waals surface area contributed by atoms with E-state index >= 15 is 0 Å². The molecule has 0 saturated carbocycles. The van der Waals surface area contributed by atoms with Crippen LogP contribution in [0.4, 0.5) is 13.2 Å². The lowest BCUT2D eigenvalue weighted by molar-refractivity contribution is 0.0685. The van der Waals surface area contributed by atoms with Crippen LogP contribution in [0.2, 0.25) is 0 Å². The fraction of sp³-hybridized carbons (Fsp3) is 0.167. The van der Waals surface area contributed by atoms with Gasteiger partial charge in [0.25, 0.3) is 6.43 Å². The van der Waals surface area contributed by atoms with Crippen LogP contribution >= 0.6 is 0 Å². The van der Waals surface area contributed by atoms with Crippen molar-refractivity contribution in [2.75, 3.05) is 0 Å². The number of carboxylic acids is 1. The van der Waals surface area contributed by atoms with Gasteiger partial charge in [-0.15, -0.1) is 0 Å². The Morgan fingerprint density at radius 3 is 2.74 bits per heavy atom. The molecule has 2 rings (SSSR count). The Labute approximate surface area is 106 Å². The van der Waals surface area contributed by atoms with E-state index < -0.39 is 18.3 Å². The molecular weight excluding hydrogens is 261 g/mol. The smallest absolute Gasteiger partial charge is 0.352 e. The van der Waals surface area contributed by atoms with E-state index in [-0.39, 0.29) is 17.8 Å². The van der Waals surface area contributed by atoms with Gasteiger partial charge in [-0.3, -0.25) is 0 Å². The third-order valence-electron chi connectivity index (χ3n) is 2.53. The summed E-state index contributed by atoms with van der Waals surface area (Å²) in [5, 5.41) is 8.94. The van der Waals surface area contributed by atoms with E-state index in [2.05, 4.69) is 4.98 Å². The summed E-state index contributed by atoms with van der Waals surface area (Å²) in [7, 11) is 0. The largest absolute Gasteiger partial charge is 0.477 e. The minimum atomic E-state index is -2.76. The van der Waals surface area contributed by atoms with Gasteiger partial charge in [0.1, 0.15) is 5.69 Å². The van der Waals surface area contributed by atoms with Gasteiger partial charge in [-0.1, -0.05) is 0 Å². The molecule has 0 spiro atoms. The molecule has 0 fully saturated rings. The van der Waals surface area contributed by atoms with Crippen molar-refractivity contribution in [3.8, 4) is 0 Å². The van der Waals surface area contributed by atoms with Crippen LogP contribution in [0.1, 0.15) is 28.0 Å². The maximum Gasteiger partial charge on any atom is 0.352 e. The third kappa shape index (κ3) is 2.93. The van der Waals surface area contributed by atoms with Crippen molar-refractivity contribution in [3.63, 3.8) is 0 Å². The summed E-state index contributed by atoms with van der Waals surface area (Å²) in [5.41, 5.74) is -0.217. The maximum atomic E-state index is 12.9. The number of carbonyl (C=O) groups is 1. The van der Waals surface area contributed by atoms with E-state index in [0.717, 1.165) is 22.9 Å². The molecule has 4 nitrogen and oxygen atoms in total. The van der Waals surface area contributed by atoms with Crippen LogP contribution in [0, 0.1) is 5.95 Å². The van der Waals surface area contributed by atoms with Gasteiger partial charge in [0.2, 0.25) is 5.95 Å². The van der Waals surface area contributed by atoms with Gasteiger partial charge in [-0.05, 0) is 23.8 Å². The van der Waals surface area contributed by atoms with Gasteiger partial charge >= 0.3 is 5.97 Å². The van der Waals surface area contributed by atoms with E-state index in [1.807, 2.05) is 0 Å². The molecule has 0 aliphatic heterocycles. The number of aromatic nitrogens is 2. The Kier molecular flexibility index (Phi) is 3.55. The molecule has 2 aromatic heterocycles. The minimum Gasteiger partial charge on any atom is -0.477 e. The summed E-state index contributed by atoms with van der Waals surface area (Å²) in [5.74, 6) is -2.03. The van der Waals surface area contributed by atoms with E-state index in [1.165, 1.54) is 12.3 Å². The average molecular weight is 270 g/mol. The van der Waals surface area contributed by atoms with Crippen molar-refractivity contribution in [1.82, 2.24) is 9.55 Å². The number of aromatic carboxylic acids is 1. The standard InChI is InChI=1S/C12H9F3N2O2/c13-10-3-7(1-2-16-10)5-17-6-8(11(14)15)4-9(17)12(18)19/h1-4,6,11H,5H2,(H,18,19). The first-order valence-electron chi connectivity index (χ1n) is 5.29. The first kappa shape index (κ1) is 13.1. The van der Waals surface area contributed by atoms with Gasteiger partial charge in [-0.2, -0.15) is 4.39 Å². The van der Waals surface area contributed by atoms with Crippen LogP contribution in [0.25, 0.3) is 0 Å². The molecule has 0 aliphatic rings. The van der Waals surface area contributed by atoms with E-state index in [1.54, 1.807) is 0 Å². The highest BCUT2D eigenvalue weighted by Crippen LogP contribution is 2.22. The van der Waals surface area contributed by atoms with Crippen LogP contribution in [0.15, 0.2) is 30.6 Å². The molecule has 7 heteroatoms. The van der Waals surface area contributed by atoms with Crippen molar-refractivity contribution in [1.29, 1.82) is 0 Å². The Bertz CT molecular complexity index is 611. The minimum absolute atomic E-state index is 0.0200. The van der Waals surface area contributed by atoms with Gasteiger partial charge in [0.15, 0.2) is 0 Å². The SMILES string of the molecule is O=C(O)c1cc(C(F)F)cn1Cc1ccnc(F)c1. The zero-order valence-corrected chi connectivity index (χ0v) is 9.55. The van der Waals surface area contributed by atoms with Crippen LogP contribution in [-0.4, -0.2) is 20.6 Å². The Morgan fingerprint density at radius 1 is 1.42 bits per heavy atom. The molecule has 1 N–H and O–H groups in total. The molecule has 0 amide bonds.